The van der Waals surface area contributed by atoms with Crippen LogP contribution in [-0.2, 0) is 9.47 Å². The molecule has 0 aromatic heterocycles. The quantitative estimate of drug-likeness (QED) is 0.562. The lowest BCUT2D eigenvalue weighted by atomic mass is 10.2. The second-order valence-corrected chi connectivity index (χ2v) is 3.54. The highest BCUT2D eigenvalue weighted by Gasteiger charge is 2.13. The van der Waals surface area contributed by atoms with Crippen molar-refractivity contribution in [1.29, 1.82) is 0 Å². The summed E-state index contributed by atoms with van der Waals surface area (Å²) in [5, 5.41) is 8.29. The smallest absolute Gasteiger partial charge is 0.0781 e. The maximum absolute atomic E-state index is 8.29. The van der Waals surface area contributed by atoms with E-state index in [0.29, 0.717) is 12.7 Å². The van der Waals surface area contributed by atoms with Gasteiger partial charge in [0.2, 0.25) is 0 Å². The van der Waals surface area contributed by atoms with E-state index < -0.39 is 0 Å². The molecular weight excluding hydrogens is 180 g/mol. The van der Waals surface area contributed by atoms with Crippen molar-refractivity contribution in [3.05, 3.63) is 0 Å². The van der Waals surface area contributed by atoms with E-state index >= 15 is 0 Å². The van der Waals surface area contributed by atoms with Crippen LogP contribution in [0.3, 0.4) is 0 Å². The molecule has 0 aliphatic carbocycles. The van der Waals surface area contributed by atoms with Gasteiger partial charge in [0.1, 0.15) is 0 Å². The molecule has 3 nitrogen and oxygen atoms in total. The molecule has 0 bridgehead atoms. The number of aliphatic hydroxyl groups excluding tert-OH is 1. The van der Waals surface area contributed by atoms with E-state index in [-0.39, 0.29) is 0 Å². The predicted octanol–water partition coefficient (Wildman–Crippen LogP) is 1.98. The minimum Gasteiger partial charge on any atom is -0.396 e. The lowest BCUT2D eigenvalue weighted by Gasteiger charge is -1.90. The minimum atomic E-state index is 0.361. The van der Waals surface area contributed by atoms with Crippen molar-refractivity contribution in [2.24, 2.45) is 0 Å². The van der Waals surface area contributed by atoms with Crippen LogP contribution in [0.15, 0.2) is 0 Å². The van der Waals surface area contributed by atoms with Crippen molar-refractivity contribution >= 4 is 0 Å². The van der Waals surface area contributed by atoms with Gasteiger partial charge in [-0.3, -0.25) is 0 Å². The molecule has 1 unspecified atom stereocenters. The summed E-state index contributed by atoms with van der Waals surface area (Å²) in [4.78, 5) is 0. The van der Waals surface area contributed by atoms with Gasteiger partial charge in [0.05, 0.1) is 25.9 Å². The highest BCUT2D eigenvalue weighted by molar-refractivity contribution is 4.58. The number of hydrogen-bond donors (Lipinski definition) is 1. The van der Waals surface area contributed by atoms with E-state index in [1.807, 2.05) is 0 Å². The molecule has 2 saturated heterocycles. The van der Waals surface area contributed by atoms with Crippen molar-refractivity contribution in [2.75, 3.05) is 26.4 Å². The molecule has 14 heavy (non-hydrogen) atoms. The number of aliphatic hydroxyl groups is 1. The number of hydrogen-bond acceptors (Lipinski definition) is 3. The van der Waals surface area contributed by atoms with Gasteiger partial charge in [0.25, 0.3) is 0 Å². The van der Waals surface area contributed by atoms with Crippen molar-refractivity contribution in [3.8, 4) is 0 Å². The molecule has 0 spiro atoms. The van der Waals surface area contributed by atoms with Gasteiger partial charge in [-0.2, -0.15) is 0 Å². The standard InChI is InChI=1S/C6H14O.C3H6O.C2H4O/c1-2-3-4-5-6-7;1-3-2-4-3;1-2-3-1/h7H,2-6H2,1H3;3H,2H2,1H3;1-2H2. The fourth-order valence-corrected chi connectivity index (χ4v) is 0.635. The third kappa shape index (κ3) is 22.6. The zero-order valence-corrected chi connectivity index (χ0v) is 9.50. The molecule has 0 aromatic carbocycles. The first-order valence-electron chi connectivity index (χ1n) is 5.61. The van der Waals surface area contributed by atoms with Crippen LogP contribution in [0, 0.1) is 0 Å². The van der Waals surface area contributed by atoms with Crippen molar-refractivity contribution in [3.63, 3.8) is 0 Å². The zero-order valence-electron chi connectivity index (χ0n) is 9.50. The molecule has 0 aromatic rings. The number of ether oxygens (including phenoxy) is 2. The maximum Gasteiger partial charge on any atom is 0.0781 e. The summed E-state index contributed by atoms with van der Waals surface area (Å²) in [6.07, 6.45) is 5.27. The number of unbranched alkanes of at least 4 members (excludes halogenated alkanes) is 3. The lowest BCUT2D eigenvalue weighted by molar-refractivity contribution is 0.283. The SMILES string of the molecule is C1CO1.CC1CO1.CCCCCCO. The Morgan fingerprint density at radius 3 is 1.93 bits per heavy atom. The molecule has 2 aliphatic rings. The predicted molar refractivity (Wildman–Crippen MR) is 57.5 cm³/mol. The van der Waals surface area contributed by atoms with Crippen LogP contribution in [0.5, 0.6) is 0 Å². The molecule has 86 valence electrons. The van der Waals surface area contributed by atoms with Gasteiger partial charge >= 0.3 is 0 Å². The first kappa shape index (κ1) is 13.9. The Labute approximate surface area is 87.4 Å². The van der Waals surface area contributed by atoms with Crippen LogP contribution < -0.4 is 0 Å². The van der Waals surface area contributed by atoms with Crippen LogP contribution in [0.2, 0.25) is 0 Å². The van der Waals surface area contributed by atoms with Gasteiger partial charge in [-0.15, -0.1) is 0 Å². The average molecular weight is 204 g/mol. The van der Waals surface area contributed by atoms with Crippen LogP contribution in [-0.4, -0.2) is 37.6 Å². The monoisotopic (exact) mass is 204 g/mol. The Hall–Kier alpha value is -0.120. The molecule has 1 N–H and O–H groups in total. The second kappa shape index (κ2) is 11.0. The average Bonchev–Trinajstić information content (AvgIpc) is 3.01. The molecular formula is C11H24O3. The van der Waals surface area contributed by atoms with Crippen molar-refractivity contribution in [2.45, 2.75) is 45.6 Å². The zero-order chi connectivity index (χ0) is 10.6. The molecule has 1 atom stereocenters. The second-order valence-electron chi connectivity index (χ2n) is 3.54. The number of epoxide rings is 2. The number of rotatable bonds is 4. The summed E-state index contributed by atoms with van der Waals surface area (Å²) < 4.78 is 9.21. The van der Waals surface area contributed by atoms with Crippen LogP contribution in [0.25, 0.3) is 0 Å². The summed E-state index contributed by atoms with van der Waals surface area (Å²) in [5.74, 6) is 0. The Morgan fingerprint density at radius 2 is 1.71 bits per heavy atom. The van der Waals surface area contributed by atoms with Gasteiger partial charge in [-0.25, -0.2) is 0 Å². The summed E-state index contributed by atoms with van der Waals surface area (Å²) in [6, 6.07) is 0. The largest absolute Gasteiger partial charge is 0.396 e. The Bertz CT molecular complexity index is 94.0. The van der Waals surface area contributed by atoms with Crippen LogP contribution >= 0.6 is 0 Å². The molecule has 0 radical (unpaired) electrons. The molecule has 0 amide bonds. The van der Waals surface area contributed by atoms with E-state index in [0.717, 1.165) is 26.2 Å². The normalized spacial score (nSPS) is 21.2. The minimum absolute atomic E-state index is 0.361. The van der Waals surface area contributed by atoms with Gasteiger partial charge in [0, 0.05) is 6.61 Å². The molecule has 0 saturated carbocycles. The van der Waals surface area contributed by atoms with Crippen molar-refractivity contribution in [1.82, 2.24) is 0 Å². The topological polar surface area (TPSA) is 45.3 Å². The molecule has 2 rings (SSSR count). The van der Waals surface area contributed by atoms with E-state index in [1.165, 1.54) is 19.3 Å². The molecule has 2 aliphatic heterocycles. The lowest BCUT2D eigenvalue weighted by Crippen LogP contribution is -1.80. The van der Waals surface area contributed by atoms with Gasteiger partial charge < -0.3 is 14.6 Å². The van der Waals surface area contributed by atoms with Gasteiger partial charge in [0.15, 0.2) is 0 Å². The molecule has 2 fully saturated rings. The first-order valence-corrected chi connectivity index (χ1v) is 5.61. The molecule has 2 heterocycles. The van der Waals surface area contributed by atoms with Crippen molar-refractivity contribution < 1.29 is 14.6 Å². The van der Waals surface area contributed by atoms with Gasteiger partial charge in [-0.1, -0.05) is 26.2 Å². The highest BCUT2D eigenvalue weighted by atomic mass is 16.6. The summed E-state index contributed by atoms with van der Waals surface area (Å²) in [5.41, 5.74) is 0. The fourth-order valence-electron chi connectivity index (χ4n) is 0.635. The van der Waals surface area contributed by atoms with Crippen LogP contribution in [0.4, 0.5) is 0 Å². The Morgan fingerprint density at radius 1 is 1.21 bits per heavy atom. The fraction of sp³-hybridized carbons (Fsp3) is 1.00. The van der Waals surface area contributed by atoms with Gasteiger partial charge in [-0.05, 0) is 13.3 Å². The Kier molecular flexibility index (Phi) is 10.9. The van der Waals surface area contributed by atoms with E-state index in [1.54, 1.807) is 0 Å². The third-order valence-electron chi connectivity index (χ3n) is 1.72. The highest BCUT2D eigenvalue weighted by Crippen LogP contribution is 2.04. The maximum atomic E-state index is 8.29. The summed E-state index contributed by atoms with van der Waals surface area (Å²) >= 11 is 0. The van der Waals surface area contributed by atoms with E-state index in [2.05, 4.69) is 18.6 Å². The molecule has 3 heteroatoms. The summed E-state index contributed by atoms with van der Waals surface area (Å²) in [7, 11) is 0. The van der Waals surface area contributed by atoms with Crippen LogP contribution in [0.1, 0.15) is 39.5 Å². The van der Waals surface area contributed by atoms with E-state index in [4.69, 9.17) is 9.84 Å². The first-order chi connectivity index (χ1) is 6.81. The summed E-state index contributed by atoms with van der Waals surface area (Å²) in [6.45, 7) is 7.57. The third-order valence-corrected chi connectivity index (χ3v) is 1.72. The Balaban J connectivity index is 0.000000199. The van der Waals surface area contributed by atoms with E-state index in [9.17, 15) is 0 Å².